The molecule has 2 N–H and O–H groups in total. The van der Waals surface area contributed by atoms with Gasteiger partial charge in [0, 0.05) is 13.1 Å². The first kappa shape index (κ1) is 17.0. The van der Waals surface area contributed by atoms with Gasteiger partial charge in [0.15, 0.2) is 6.61 Å². The summed E-state index contributed by atoms with van der Waals surface area (Å²) in [5, 5.41) is 4.16. The fourth-order valence-corrected chi connectivity index (χ4v) is 2.62. The molecular weight excluding hydrogens is 324 g/mol. The smallest absolute Gasteiger partial charge is 0.344 e. The maximum Gasteiger partial charge on any atom is 0.344 e. The summed E-state index contributed by atoms with van der Waals surface area (Å²) in [7, 11) is 0. The number of morpholine rings is 1. The van der Waals surface area contributed by atoms with Crippen LogP contribution in [0.4, 0.5) is 5.82 Å². The lowest BCUT2D eigenvalue weighted by molar-refractivity contribution is -0.138. The lowest BCUT2D eigenvalue weighted by Crippen LogP contribution is -2.42. The average molecular weight is 344 g/mol. The Hall–Kier alpha value is -2.87. The van der Waals surface area contributed by atoms with Crippen LogP contribution in [0.3, 0.4) is 0 Å². The zero-order valence-corrected chi connectivity index (χ0v) is 14.0. The fraction of sp³-hybridized carbons (Fsp3) is 0.353. The summed E-state index contributed by atoms with van der Waals surface area (Å²) in [5.41, 5.74) is 7.93. The molecule has 0 unspecified atom stereocenters. The molecule has 0 radical (unpaired) electrons. The first-order valence-corrected chi connectivity index (χ1v) is 8.00. The number of para-hydroxylation sites is 1. The number of hydrogen-bond donors (Lipinski definition) is 1. The molecule has 1 amide bonds. The van der Waals surface area contributed by atoms with Gasteiger partial charge in [-0.25, -0.2) is 9.48 Å². The van der Waals surface area contributed by atoms with Gasteiger partial charge in [0.1, 0.15) is 11.4 Å². The Balaban J connectivity index is 1.67. The van der Waals surface area contributed by atoms with Gasteiger partial charge in [-0.3, -0.25) is 4.79 Å². The van der Waals surface area contributed by atoms with E-state index in [1.807, 2.05) is 31.2 Å². The predicted octanol–water partition coefficient (Wildman–Crippen LogP) is 0.779. The van der Waals surface area contributed by atoms with Crippen LogP contribution in [-0.4, -0.2) is 59.5 Å². The molecule has 0 spiro atoms. The number of carbonyl (C=O) groups is 2. The average Bonchev–Trinajstić information content (AvgIpc) is 3.02. The lowest BCUT2D eigenvalue weighted by Gasteiger charge is -2.26. The highest BCUT2D eigenvalue weighted by molar-refractivity contribution is 5.95. The zero-order valence-electron chi connectivity index (χ0n) is 14.0. The van der Waals surface area contributed by atoms with Crippen molar-refractivity contribution < 1.29 is 19.1 Å². The van der Waals surface area contributed by atoms with E-state index >= 15 is 0 Å². The second-order valence-corrected chi connectivity index (χ2v) is 5.71. The molecule has 1 aliphatic rings. The van der Waals surface area contributed by atoms with Crippen LogP contribution in [-0.2, 0) is 14.3 Å². The van der Waals surface area contributed by atoms with Crippen molar-refractivity contribution in [1.29, 1.82) is 0 Å². The molecule has 2 heterocycles. The SMILES string of the molecule is Cc1ccccc1-n1ncc(C(=O)OCC(=O)N2CCOCC2)c1N. The summed E-state index contributed by atoms with van der Waals surface area (Å²) in [4.78, 5) is 25.9. The first-order valence-electron chi connectivity index (χ1n) is 8.00. The molecule has 8 nitrogen and oxygen atoms in total. The number of aryl methyl sites for hydroxylation is 1. The van der Waals surface area contributed by atoms with Gasteiger partial charge in [-0.05, 0) is 18.6 Å². The highest BCUT2D eigenvalue weighted by atomic mass is 16.5. The predicted molar refractivity (Wildman–Crippen MR) is 90.4 cm³/mol. The van der Waals surface area contributed by atoms with E-state index in [1.54, 1.807) is 4.90 Å². The third kappa shape index (κ3) is 3.63. The molecule has 1 aromatic heterocycles. The third-order valence-corrected chi connectivity index (χ3v) is 4.06. The van der Waals surface area contributed by atoms with Gasteiger partial charge in [-0.2, -0.15) is 5.10 Å². The number of hydrogen-bond acceptors (Lipinski definition) is 6. The molecule has 1 aliphatic heterocycles. The van der Waals surface area contributed by atoms with Crippen LogP contribution in [0.25, 0.3) is 5.69 Å². The highest BCUT2D eigenvalue weighted by Crippen LogP contribution is 2.20. The van der Waals surface area contributed by atoms with Crippen LogP contribution in [0, 0.1) is 6.92 Å². The number of nitrogen functional groups attached to an aromatic ring is 1. The van der Waals surface area contributed by atoms with Crippen molar-refractivity contribution in [3.63, 3.8) is 0 Å². The van der Waals surface area contributed by atoms with Crippen molar-refractivity contribution >= 4 is 17.7 Å². The summed E-state index contributed by atoms with van der Waals surface area (Å²) >= 11 is 0. The van der Waals surface area contributed by atoms with Crippen molar-refractivity contribution in [3.8, 4) is 5.69 Å². The van der Waals surface area contributed by atoms with E-state index in [-0.39, 0.29) is 23.9 Å². The number of esters is 1. The maximum absolute atomic E-state index is 12.2. The second-order valence-electron chi connectivity index (χ2n) is 5.71. The van der Waals surface area contributed by atoms with Crippen LogP contribution >= 0.6 is 0 Å². The molecule has 1 fully saturated rings. The van der Waals surface area contributed by atoms with E-state index < -0.39 is 5.97 Å². The number of nitrogens with two attached hydrogens (primary N) is 1. The van der Waals surface area contributed by atoms with E-state index in [2.05, 4.69) is 5.10 Å². The molecule has 8 heteroatoms. The molecule has 3 rings (SSSR count). The molecule has 0 aliphatic carbocycles. The summed E-state index contributed by atoms with van der Waals surface area (Å²) in [6, 6.07) is 7.55. The minimum Gasteiger partial charge on any atom is -0.452 e. The van der Waals surface area contributed by atoms with Crippen molar-refractivity contribution in [3.05, 3.63) is 41.6 Å². The fourth-order valence-electron chi connectivity index (χ4n) is 2.62. The summed E-state index contributed by atoms with van der Waals surface area (Å²) in [6.07, 6.45) is 1.35. The van der Waals surface area contributed by atoms with Gasteiger partial charge in [0.2, 0.25) is 0 Å². The Morgan fingerprint density at radius 3 is 2.72 bits per heavy atom. The van der Waals surface area contributed by atoms with Crippen LogP contribution < -0.4 is 5.73 Å². The Morgan fingerprint density at radius 1 is 1.28 bits per heavy atom. The van der Waals surface area contributed by atoms with E-state index in [0.29, 0.717) is 26.3 Å². The van der Waals surface area contributed by atoms with Gasteiger partial charge in [0.05, 0.1) is 25.1 Å². The van der Waals surface area contributed by atoms with Crippen molar-refractivity contribution in [2.75, 3.05) is 38.6 Å². The summed E-state index contributed by atoms with van der Waals surface area (Å²) in [6.45, 7) is 3.60. The Labute approximate surface area is 145 Å². The lowest BCUT2D eigenvalue weighted by atomic mass is 10.2. The van der Waals surface area contributed by atoms with E-state index in [1.165, 1.54) is 10.9 Å². The monoisotopic (exact) mass is 344 g/mol. The molecule has 1 aromatic carbocycles. The summed E-state index contributed by atoms with van der Waals surface area (Å²) in [5.74, 6) is -0.737. The van der Waals surface area contributed by atoms with Gasteiger partial charge in [-0.1, -0.05) is 18.2 Å². The molecule has 0 saturated carbocycles. The number of amides is 1. The molecular formula is C17H20N4O4. The molecule has 2 aromatic rings. The summed E-state index contributed by atoms with van der Waals surface area (Å²) < 4.78 is 11.8. The van der Waals surface area contributed by atoms with E-state index in [4.69, 9.17) is 15.2 Å². The number of carbonyl (C=O) groups excluding carboxylic acids is 2. The minimum absolute atomic E-state index is 0.137. The number of anilines is 1. The quantitative estimate of drug-likeness (QED) is 0.823. The number of ether oxygens (including phenoxy) is 2. The number of rotatable bonds is 4. The highest BCUT2D eigenvalue weighted by Gasteiger charge is 2.22. The van der Waals surface area contributed by atoms with Gasteiger partial charge >= 0.3 is 5.97 Å². The molecule has 0 bridgehead atoms. The van der Waals surface area contributed by atoms with Crippen LogP contribution in [0.1, 0.15) is 15.9 Å². The Morgan fingerprint density at radius 2 is 2.00 bits per heavy atom. The second kappa shape index (κ2) is 7.35. The number of aromatic nitrogens is 2. The van der Waals surface area contributed by atoms with Crippen molar-refractivity contribution in [2.45, 2.75) is 6.92 Å². The van der Waals surface area contributed by atoms with Crippen LogP contribution in [0.15, 0.2) is 30.5 Å². The van der Waals surface area contributed by atoms with Crippen LogP contribution in [0.5, 0.6) is 0 Å². The standard InChI is InChI=1S/C17H20N4O4/c1-12-4-2-3-5-14(12)21-16(18)13(10-19-21)17(23)25-11-15(22)20-6-8-24-9-7-20/h2-5,10H,6-9,11,18H2,1H3. The minimum atomic E-state index is -0.668. The molecule has 0 atom stereocenters. The molecule has 25 heavy (non-hydrogen) atoms. The number of benzene rings is 1. The Kier molecular flexibility index (Phi) is 4.99. The van der Waals surface area contributed by atoms with Gasteiger partial charge < -0.3 is 20.1 Å². The zero-order chi connectivity index (χ0) is 17.8. The van der Waals surface area contributed by atoms with E-state index in [9.17, 15) is 9.59 Å². The third-order valence-electron chi connectivity index (χ3n) is 4.06. The first-order chi connectivity index (χ1) is 12.1. The molecule has 132 valence electrons. The Bertz CT molecular complexity index is 781. The van der Waals surface area contributed by atoms with Crippen molar-refractivity contribution in [1.82, 2.24) is 14.7 Å². The molecule has 1 saturated heterocycles. The topological polar surface area (TPSA) is 99.7 Å². The van der Waals surface area contributed by atoms with Crippen LogP contribution in [0.2, 0.25) is 0 Å². The van der Waals surface area contributed by atoms with Gasteiger partial charge in [-0.15, -0.1) is 0 Å². The maximum atomic E-state index is 12.2. The normalized spacial score (nSPS) is 14.4. The largest absolute Gasteiger partial charge is 0.452 e. The van der Waals surface area contributed by atoms with E-state index in [0.717, 1.165) is 11.3 Å². The number of nitrogens with zero attached hydrogens (tertiary/aromatic N) is 3. The van der Waals surface area contributed by atoms with Gasteiger partial charge in [0.25, 0.3) is 5.91 Å². The van der Waals surface area contributed by atoms with Crippen molar-refractivity contribution in [2.24, 2.45) is 0 Å².